The molecule has 1 heterocycles. The Bertz CT molecular complexity index is 420. The van der Waals surface area contributed by atoms with Gasteiger partial charge in [0.25, 0.3) is 0 Å². The fourth-order valence-electron chi connectivity index (χ4n) is 1.13. The lowest BCUT2D eigenvalue weighted by Gasteiger charge is -1.97. The summed E-state index contributed by atoms with van der Waals surface area (Å²) in [6.07, 6.45) is 1.19. The molecule has 1 aromatic carbocycles. The van der Waals surface area contributed by atoms with E-state index >= 15 is 0 Å². The number of hydrogen-bond donors (Lipinski definition) is 0. The van der Waals surface area contributed by atoms with Gasteiger partial charge >= 0.3 is 0 Å². The predicted molar refractivity (Wildman–Crippen MR) is 44.1 cm³/mol. The zero-order valence-corrected chi connectivity index (χ0v) is 6.63. The molecule has 0 aliphatic rings. The van der Waals surface area contributed by atoms with Crippen molar-refractivity contribution >= 4 is 0 Å². The Morgan fingerprint density at radius 1 is 0.923 bits per heavy atom. The van der Waals surface area contributed by atoms with Crippen molar-refractivity contribution in [1.82, 2.24) is 0 Å². The van der Waals surface area contributed by atoms with Gasteiger partial charge in [0, 0.05) is 6.07 Å². The van der Waals surface area contributed by atoms with E-state index in [4.69, 9.17) is 4.42 Å². The smallest absolute Gasteiger partial charge is 0.172 e. The first-order valence-corrected chi connectivity index (χ1v) is 3.77. The normalized spacial score (nSPS) is 10.3. The van der Waals surface area contributed by atoms with E-state index in [0.29, 0.717) is 0 Å². The third-order valence-corrected chi connectivity index (χ3v) is 1.74. The third-order valence-electron chi connectivity index (χ3n) is 1.74. The van der Waals surface area contributed by atoms with Crippen LogP contribution < -0.4 is 0 Å². The average molecular weight is 180 g/mol. The maximum Gasteiger partial charge on any atom is 0.172 e. The van der Waals surface area contributed by atoms with Crippen LogP contribution >= 0.6 is 0 Å². The molecule has 0 unspecified atom stereocenters. The summed E-state index contributed by atoms with van der Waals surface area (Å²) < 4.78 is 30.9. The molecule has 0 saturated heterocycles. The Balaban J connectivity index is 2.59. The highest BCUT2D eigenvalue weighted by molar-refractivity contribution is 5.58. The van der Waals surface area contributed by atoms with E-state index in [9.17, 15) is 8.78 Å². The maximum absolute atomic E-state index is 13.1. The van der Waals surface area contributed by atoms with E-state index in [0.717, 1.165) is 6.07 Å². The average Bonchev–Trinajstić information content (AvgIpc) is 2.52. The molecular weight excluding hydrogens is 174 g/mol. The Morgan fingerprint density at radius 2 is 1.69 bits per heavy atom. The molecule has 0 bridgehead atoms. The van der Waals surface area contributed by atoms with Gasteiger partial charge < -0.3 is 4.42 Å². The summed E-state index contributed by atoms with van der Waals surface area (Å²) in [5.74, 6) is -1.10. The number of rotatable bonds is 1. The minimum atomic E-state index is -0.551. The molecular formula is C10H6F2O. The third kappa shape index (κ3) is 1.33. The molecule has 0 fully saturated rings. The molecule has 3 heteroatoms. The van der Waals surface area contributed by atoms with Crippen molar-refractivity contribution in [1.29, 1.82) is 0 Å². The molecule has 2 aromatic rings. The van der Waals surface area contributed by atoms with Gasteiger partial charge in [-0.25, -0.2) is 8.78 Å². The van der Waals surface area contributed by atoms with Crippen molar-refractivity contribution < 1.29 is 13.2 Å². The number of halogens is 2. The first-order valence-electron chi connectivity index (χ1n) is 3.77. The monoisotopic (exact) mass is 180 g/mol. The van der Waals surface area contributed by atoms with Gasteiger partial charge in [-0.1, -0.05) is 12.1 Å². The molecule has 0 saturated carbocycles. The molecule has 0 atom stereocenters. The molecule has 0 aliphatic heterocycles. The molecule has 0 N–H and O–H groups in total. The molecule has 2 rings (SSSR count). The van der Waals surface area contributed by atoms with Crippen molar-refractivity contribution in [2.75, 3.05) is 0 Å². The number of furan rings is 1. The van der Waals surface area contributed by atoms with Gasteiger partial charge in [-0.3, -0.25) is 0 Å². The Hall–Kier alpha value is -1.64. The molecule has 1 aromatic heterocycles. The summed E-state index contributed by atoms with van der Waals surface area (Å²) in [7, 11) is 0. The lowest BCUT2D eigenvalue weighted by atomic mass is 10.1. The lowest BCUT2D eigenvalue weighted by molar-refractivity contribution is 0.540. The minimum Gasteiger partial charge on any atom is -0.461 e. The number of benzene rings is 1. The molecule has 0 radical (unpaired) electrons. The van der Waals surface area contributed by atoms with Crippen molar-refractivity contribution in [3.63, 3.8) is 0 Å². The largest absolute Gasteiger partial charge is 0.461 e. The van der Waals surface area contributed by atoms with Crippen LogP contribution in [0.5, 0.6) is 0 Å². The van der Waals surface area contributed by atoms with Gasteiger partial charge in [0.05, 0.1) is 11.8 Å². The second-order valence-corrected chi connectivity index (χ2v) is 2.58. The van der Waals surface area contributed by atoms with E-state index in [2.05, 4.69) is 0 Å². The summed E-state index contributed by atoms with van der Waals surface area (Å²) in [5.41, 5.74) is 0.144. The van der Waals surface area contributed by atoms with Crippen molar-refractivity contribution in [3.05, 3.63) is 48.2 Å². The number of hydrogen-bond acceptors (Lipinski definition) is 1. The van der Waals surface area contributed by atoms with E-state index < -0.39 is 11.6 Å². The Labute approximate surface area is 73.6 Å². The lowest BCUT2D eigenvalue weighted by Crippen LogP contribution is -1.83. The van der Waals surface area contributed by atoms with E-state index in [1.807, 2.05) is 0 Å². The summed E-state index contributed by atoms with van der Waals surface area (Å²) in [6.45, 7) is 0. The van der Waals surface area contributed by atoms with Gasteiger partial charge in [-0.15, -0.1) is 0 Å². The predicted octanol–water partition coefficient (Wildman–Crippen LogP) is 3.22. The van der Waals surface area contributed by atoms with Crippen LogP contribution in [0.15, 0.2) is 41.0 Å². The van der Waals surface area contributed by atoms with Crippen LogP contribution in [0.25, 0.3) is 11.3 Å². The van der Waals surface area contributed by atoms with E-state index in [1.165, 1.54) is 18.4 Å². The van der Waals surface area contributed by atoms with E-state index in [1.54, 1.807) is 12.1 Å². The van der Waals surface area contributed by atoms with Crippen LogP contribution in [-0.2, 0) is 0 Å². The van der Waals surface area contributed by atoms with Crippen molar-refractivity contribution in [2.24, 2.45) is 0 Å². The second kappa shape index (κ2) is 3.01. The topological polar surface area (TPSA) is 13.1 Å². The van der Waals surface area contributed by atoms with Gasteiger partial charge in [-0.2, -0.15) is 0 Å². The molecule has 0 aliphatic carbocycles. The SMILES string of the molecule is Fc1ccccc1-c1occc1F. The summed E-state index contributed by atoms with van der Waals surface area (Å²) in [6, 6.07) is 7.05. The van der Waals surface area contributed by atoms with Crippen molar-refractivity contribution in [2.45, 2.75) is 0 Å². The highest BCUT2D eigenvalue weighted by atomic mass is 19.1. The van der Waals surface area contributed by atoms with Crippen LogP contribution in [-0.4, -0.2) is 0 Å². The van der Waals surface area contributed by atoms with Crippen LogP contribution in [0.1, 0.15) is 0 Å². The molecule has 1 nitrogen and oxygen atoms in total. The Morgan fingerprint density at radius 3 is 2.31 bits per heavy atom. The van der Waals surface area contributed by atoms with Crippen LogP contribution in [0.2, 0.25) is 0 Å². The maximum atomic E-state index is 13.1. The zero-order chi connectivity index (χ0) is 9.26. The highest BCUT2D eigenvalue weighted by Gasteiger charge is 2.11. The van der Waals surface area contributed by atoms with Crippen LogP contribution in [0, 0.1) is 11.6 Å². The second-order valence-electron chi connectivity index (χ2n) is 2.58. The summed E-state index contributed by atoms with van der Waals surface area (Å²) >= 11 is 0. The fourth-order valence-corrected chi connectivity index (χ4v) is 1.13. The van der Waals surface area contributed by atoms with Gasteiger partial charge in [0.15, 0.2) is 11.6 Å². The summed E-state index contributed by atoms with van der Waals surface area (Å²) in [4.78, 5) is 0. The molecule has 0 spiro atoms. The zero-order valence-electron chi connectivity index (χ0n) is 6.63. The van der Waals surface area contributed by atoms with Crippen LogP contribution in [0.3, 0.4) is 0 Å². The van der Waals surface area contributed by atoms with Gasteiger partial charge in [0.1, 0.15) is 5.82 Å². The van der Waals surface area contributed by atoms with Gasteiger partial charge in [-0.05, 0) is 12.1 Å². The highest BCUT2D eigenvalue weighted by Crippen LogP contribution is 2.25. The van der Waals surface area contributed by atoms with Crippen LogP contribution in [0.4, 0.5) is 8.78 Å². The van der Waals surface area contributed by atoms with Crippen molar-refractivity contribution in [3.8, 4) is 11.3 Å². The first kappa shape index (κ1) is 7.98. The van der Waals surface area contributed by atoms with E-state index in [-0.39, 0.29) is 11.3 Å². The standard InChI is InChI=1S/C10H6F2O/c11-8-4-2-1-3-7(8)10-9(12)5-6-13-10/h1-6H. The molecule has 66 valence electrons. The molecule has 0 amide bonds. The first-order chi connectivity index (χ1) is 6.29. The molecule has 13 heavy (non-hydrogen) atoms. The quantitative estimate of drug-likeness (QED) is 0.656. The fraction of sp³-hybridized carbons (Fsp3) is 0. The Kier molecular flexibility index (Phi) is 1.85. The minimum absolute atomic E-state index is 0.0573. The summed E-state index contributed by atoms with van der Waals surface area (Å²) in [5, 5.41) is 0. The van der Waals surface area contributed by atoms with Gasteiger partial charge in [0.2, 0.25) is 0 Å².